The molecule has 3 heterocycles. The van der Waals surface area contributed by atoms with E-state index in [1.165, 1.54) is 10.6 Å². The maximum Gasteiger partial charge on any atom is 0.573 e. The first-order valence-corrected chi connectivity index (χ1v) is 8.63. The lowest BCUT2D eigenvalue weighted by Crippen LogP contribution is -2.18. The highest BCUT2D eigenvalue weighted by Crippen LogP contribution is 2.36. The highest BCUT2D eigenvalue weighted by Gasteiger charge is 2.33. The molecule has 0 atom stereocenters. The van der Waals surface area contributed by atoms with Crippen molar-refractivity contribution in [3.63, 3.8) is 0 Å². The number of hydrogen-bond acceptors (Lipinski definition) is 4. The second-order valence-corrected chi connectivity index (χ2v) is 6.38. The van der Waals surface area contributed by atoms with Crippen molar-refractivity contribution in [2.24, 2.45) is 7.05 Å². The molecule has 4 aromatic rings. The van der Waals surface area contributed by atoms with Crippen molar-refractivity contribution in [2.75, 3.05) is 0 Å². The number of imidazole rings is 1. The Labute approximate surface area is 162 Å². The molecule has 0 aliphatic carbocycles. The molecule has 0 amide bonds. The summed E-state index contributed by atoms with van der Waals surface area (Å²) in [4.78, 5) is 20.1. The molecule has 4 rings (SSSR count). The number of aromatic nitrogens is 4. The monoisotopic (exact) mass is 404 g/mol. The van der Waals surface area contributed by atoms with Crippen molar-refractivity contribution in [1.29, 1.82) is 0 Å². The third-order valence-electron chi connectivity index (χ3n) is 4.61. The van der Waals surface area contributed by atoms with E-state index in [4.69, 9.17) is 0 Å². The fourth-order valence-corrected chi connectivity index (χ4v) is 3.46. The summed E-state index contributed by atoms with van der Waals surface area (Å²) in [6.45, 7) is 2.48. The van der Waals surface area contributed by atoms with Crippen molar-refractivity contribution in [2.45, 2.75) is 19.8 Å². The number of carbonyl (C=O) groups is 1. The predicted octanol–water partition coefficient (Wildman–Crippen LogP) is 4.21. The van der Waals surface area contributed by atoms with Gasteiger partial charge in [-0.05, 0) is 37.3 Å². The molecule has 0 radical (unpaired) electrons. The van der Waals surface area contributed by atoms with Crippen LogP contribution in [0.15, 0.2) is 36.5 Å². The Morgan fingerprint density at radius 3 is 2.69 bits per heavy atom. The number of halogens is 3. The number of aryl methyl sites for hydroxylation is 2. The number of carboxylic acids is 1. The Balaban J connectivity index is 2.02. The van der Waals surface area contributed by atoms with E-state index in [1.807, 2.05) is 23.6 Å². The van der Waals surface area contributed by atoms with Crippen molar-refractivity contribution in [3.05, 3.63) is 42.1 Å². The molecule has 0 fully saturated rings. The van der Waals surface area contributed by atoms with Crippen molar-refractivity contribution >= 4 is 28.0 Å². The molecule has 150 valence electrons. The third-order valence-corrected chi connectivity index (χ3v) is 4.61. The lowest BCUT2D eigenvalue weighted by Gasteiger charge is -2.12. The van der Waals surface area contributed by atoms with Gasteiger partial charge in [0.05, 0.1) is 16.8 Å². The summed E-state index contributed by atoms with van der Waals surface area (Å²) in [5.74, 6) is -1.63. The second kappa shape index (κ2) is 6.50. The number of aromatic carboxylic acids is 1. The van der Waals surface area contributed by atoms with Gasteiger partial charge in [-0.15, -0.1) is 13.2 Å². The topological polar surface area (TPSA) is 82.2 Å². The number of ether oxygens (including phenoxy) is 1. The van der Waals surface area contributed by atoms with Crippen LogP contribution in [0.1, 0.15) is 17.3 Å². The summed E-state index contributed by atoms with van der Waals surface area (Å²) in [7, 11) is 1.55. The summed E-state index contributed by atoms with van der Waals surface area (Å²) >= 11 is 0. The fourth-order valence-electron chi connectivity index (χ4n) is 3.46. The van der Waals surface area contributed by atoms with Crippen LogP contribution < -0.4 is 4.74 Å². The standard InChI is InChI=1S/C19H15F3N4O3/c1-3-26-13(8-10-5-4-6-23-16(10)26)17-24-12-7-11(18(27)28)9-14(15(12)25(17)2)29-19(20,21)22/h4-9H,3H2,1-2H3,(H,27,28). The molecule has 10 heteroatoms. The number of alkyl halides is 3. The Morgan fingerprint density at radius 2 is 2.03 bits per heavy atom. The molecule has 0 spiro atoms. The molecule has 0 saturated carbocycles. The Hall–Kier alpha value is -3.56. The van der Waals surface area contributed by atoms with Crippen LogP contribution in [0, 0.1) is 0 Å². The Bertz CT molecular complexity index is 1260. The summed E-state index contributed by atoms with van der Waals surface area (Å²) in [5.41, 5.74) is 1.15. The number of hydrogen-bond donors (Lipinski definition) is 1. The van der Waals surface area contributed by atoms with E-state index in [2.05, 4.69) is 14.7 Å². The number of fused-ring (bicyclic) bond motifs is 2. The van der Waals surface area contributed by atoms with Crippen molar-refractivity contribution < 1.29 is 27.8 Å². The SMILES string of the molecule is CCn1c(-c2nc3cc(C(=O)O)cc(OC(F)(F)F)c3n2C)cc2cccnc21. The van der Waals surface area contributed by atoms with Crippen molar-refractivity contribution in [3.8, 4) is 17.3 Å². The molecule has 7 nitrogen and oxygen atoms in total. The first kappa shape index (κ1) is 18.8. The van der Waals surface area contributed by atoms with Crippen LogP contribution in [0.4, 0.5) is 13.2 Å². The Morgan fingerprint density at radius 1 is 1.28 bits per heavy atom. The van der Waals surface area contributed by atoms with E-state index in [0.29, 0.717) is 18.1 Å². The maximum absolute atomic E-state index is 12.9. The van der Waals surface area contributed by atoms with Crippen molar-refractivity contribution in [1.82, 2.24) is 19.1 Å². The number of carboxylic acid groups (broad SMARTS) is 1. The van der Waals surface area contributed by atoms with Crippen LogP contribution in [-0.4, -0.2) is 36.5 Å². The van der Waals surface area contributed by atoms with Gasteiger partial charge in [-0.3, -0.25) is 0 Å². The van der Waals surface area contributed by atoms with E-state index >= 15 is 0 Å². The van der Waals surface area contributed by atoms with Gasteiger partial charge in [-0.1, -0.05) is 0 Å². The summed E-state index contributed by atoms with van der Waals surface area (Å²) < 4.78 is 46.2. The maximum atomic E-state index is 12.9. The lowest BCUT2D eigenvalue weighted by atomic mass is 10.2. The minimum absolute atomic E-state index is 0.0446. The summed E-state index contributed by atoms with van der Waals surface area (Å²) in [6.07, 6.45) is -3.32. The second-order valence-electron chi connectivity index (χ2n) is 6.38. The molecule has 0 saturated heterocycles. The number of nitrogens with zero attached hydrogens (tertiary/aromatic N) is 4. The van der Waals surface area contributed by atoms with Gasteiger partial charge < -0.3 is 19.0 Å². The predicted molar refractivity (Wildman–Crippen MR) is 98.8 cm³/mol. The quantitative estimate of drug-likeness (QED) is 0.551. The first-order valence-electron chi connectivity index (χ1n) is 8.63. The zero-order valence-electron chi connectivity index (χ0n) is 15.4. The van der Waals surface area contributed by atoms with Gasteiger partial charge in [0.1, 0.15) is 11.2 Å². The molecule has 0 aliphatic rings. The van der Waals surface area contributed by atoms with E-state index in [0.717, 1.165) is 17.1 Å². The first-order chi connectivity index (χ1) is 13.7. The van der Waals surface area contributed by atoms with Crippen LogP contribution in [-0.2, 0) is 13.6 Å². The zero-order chi connectivity index (χ0) is 20.9. The smallest absolute Gasteiger partial charge is 0.478 e. The lowest BCUT2D eigenvalue weighted by molar-refractivity contribution is -0.274. The summed E-state index contributed by atoms with van der Waals surface area (Å²) in [6, 6.07) is 7.58. The summed E-state index contributed by atoms with van der Waals surface area (Å²) in [5, 5.41) is 10.1. The molecule has 3 aromatic heterocycles. The van der Waals surface area contributed by atoms with Gasteiger partial charge in [-0.25, -0.2) is 14.8 Å². The Kier molecular flexibility index (Phi) is 4.21. The van der Waals surface area contributed by atoms with Crippen LogP contribution in [0.25, 0.3) is 33.6 Å². The van der Waals surface area contributed by atoms with Gasteiger partial charge >= 0.3 is 12.3 Å². The molecule has 0 aliphatic heterocycles. The van der Waals surface area contributed by atoms with E-state index in [9.17, 15) is 23.1 Å². The zero-order valence-corrected chi connectivity index (χ0v) is 15.4. The van der Waals surface area contributed by atoms with Gasteiger partial charge in [0.2, 0.25) is 0 Å². The van der Waals surface area contributed by atoms with Gasteiger partial charge in [0.25, 0.3) is 0 Å². The van der Waals surface area contributed by atoms with Crippen LogP contribution >= 0.6 is 0 Å². The minimum Gasteiger partial charge on any atom is -0.478 e. The van der Waals surface area contributed by atoms with Gasteiger partial charge in [-0.2, -0.15) is 0 Å². The number of rotatable bonds is 4. The van der Waals surface area contributed by atoms with Gasteiger partial charge in [0, 0.05) is 25.2 Å². The largest absolute Gasteiger partial charge is 0.573 e. The molecule has 29 heavy (non-hydrogen) atoms. The minimum atomic E-state index is -4.98. The third kappa shape index (κ3) is 3.16. The van der Waals surface area contributed by atoms with E-state index in [1.54, 1.807) is 19.3 Å². The molecule has 0 unspecified atom stereocenters. The highest BCUT2D eigenvalue weighted by molar-refractivity contribution is 5.96. The molecular formula is C19H15F3N4O3. The molecule has 0 bridgehead atoms. The van der Waals surface area contributed by atoms with E-state index in [-0.39, 0.29) is 16.6 Å². The normalized spacial score (nSPS) is 12.0. The van der Waals surface area contributed by atoms with Crippen LogP contribution in [0.3, 0.4) is 0 Å². The molecule has 1 aromatic carbocycles. The average molecular weight is 404 g/mol. The number of pyridine rings is 1. The van der Waals surface area contributed by atoms with Crippen LogP contribution in [0.2, 0.25) is 0 Å². The van der Waals surface area contributed by atoms with E-state index < -0.39 is 18.1 Å². The highest BCUT2D eigenvalue weighted by atomic mass is 19.4. The average Bonchev–Trinajstić information content (AvgIpc) is 3.17. The van der Waals surface area contributed by atoms with Crippen LogP contribution in [0.5, 0.6) is 5.75 Å². The van der Waals surface area contributed by atoms with Gasteiger partial charge in [0.15, 0.2) is 11.6 Å². The molecular weight excluding hydrogens is 389 g/mol. The molecule has 1 N–H and O–H groups in total. The fraction of sp³-hybridized carbons (Fsp3) is 0.211. The number of benzene rings is 1.